The maximum atomic E-state index is 13.2. The summed E-state index contributed by atoms with van der Waals surface area (Å²) in [6.07, 6.45) is 3.25. The number of carboxylic acids is 1. The quantitative estimate of drug-likeness (QED) is 0.337. The molecule has 1 heterocycles. The van der Waals surface area contributed by atoms with Crippen molar-refractivity contribution in [1.29, 1.82) is 0 Å². The molecule has 0 aromatic carbocycles. The van der Waals surface area contributed by atoms with Gasteiger partial charge < -0.3 is 24.8 Å². The number of hydrogen-bond donors (Lipinski definition) is 3. The summed E-state index contributed by atoms with van der Waals surface area (Å²) >= 11 is 0. The summed E-state index contributed by atoms with van der Waals surface area (Å²) in [4.78, 5) is 36.9. The lowest BCUT2D eigenvalue weighted by molar-refractivity contribution is -0.164. The highest BCUT2D eigenvalue weighted by molar-refractivity contribution is 5.86. The molecule has 0 saturated heterocycles. The van der Waals surface area contributed by atoms with E-state index in [-0.39, 0.29) is 24.0 Å². The molecule has 0 aromatic rings. The Labute approximate surface area is 203 Å². The van der Waals surface area contributed by atoms with Crippen molar-refractivity contribution in [3.63, 3.8) is 0 Å². The van der Waals surface area contributed by atoms with Crippen molar-refractivity contribution >= 4 is 17.7 Å². The van der Waals surface area contributed by atoms with Crippen molar-refractivity contribution in [1.82, 2.24) is 0 Å². The molecule has 194 valence electrons. The minimum Gasteiger partial charge on any atom is -0.481 e. The highest BCUT2D eigenvalue weighted by Crippen LogP contribution is 2.27. The number of aliphatic carboxylic acids is 1. The van der Waals surface area contributed by atoms with E-state index in [4.69, 9.17) is 14.6 Å². The zero-order valence-electron chi connectivity index (χ0n) is 21.3. The minimum absolute atomic E-state index is 0.0665. The Morgan fingerprint density at radius 1 is 1.24 bits per heavy atom. The number of carbonyl (C=O) groups is 3. The van der Waals surface area contributed by atoms with Gasteiger partial charge in [0.2, 0.25) is 0 Å². The Balaban J connectivity index is 3.14. The lowest BCUT2D eigenvalue weighted by atomic mass is 9.84. The van der Waals surface area contributed by atoms with Gasteiger partial charge >= 0.3 is 11.9 Å². The molecule has 8 heteroatoms. The number of aliphatic hydroxyl groups is 2. The molecule has 0 amide bonds. The van der Waals surface area contributed by atoms with Crippen molar-refractivity contribution in [2.24, 2.45) is 23.7 Å². The average molecular weight is 483 g/mol. The molecular formula is C26H42O8. The first-order chi connectivity index (χ1) is 15.9. The lowest BCUT2D eigenvalue weighted by Gasteiger charge is -2.29. The van der Waals surface area contributed by atoms with E-state index >= 15 is 0 Å². The first kappa shape index (κ1) is 30.0. The van der Waals surface area contributed by atoms with E-state index in [1.165, 1.54) is 13.2 Å². The Bertz CT molecular complexity index is 743. The molecule has 0 bridgehead atoms. The van der Waals surface area contributed by atoms with Gasteiger partial charge in [0.1, 0.15) is 18.0 Å². The van der Waals surface area contributed by atoms with Gasteiger partial charge in [0.25, 0.3) is 0 Å². The number of carboxylic acid groups (broad SMARTS) is 1. The molecule has 8 unspecified atom stereocenters. The molecule has 34 heavy (non-hydrogen) atoms. The number of methoxy groups -OCH3 is 1. The van der Waals surface area contributed by atoms with Crippen LogP contribution in [0.1, 0.15) is 66.7 Å². The van der Waals surface area contributed by atoms with Crippen LogP contribution in [0, 0.1) is 23.7 Å². The van der Waals surface area contributed by atoms with Gasteiger partial charge in [-0.3, -0.25) is 9.59 Å². The molecule has 1 aliphatic heterocycles. The van der Waals surface area contributed by atoms with Crippen LogP contribution in [0.2, 0.25) is 0 Å². The predicted molar refractivity (Wildman–Crippen MR) is 128 cm³/mol. The van der Waals surface area contributed by atoms with Crippen LogP contribution in [0.3, 0.4) is 0 Å². The molecule has 0 spiro atoms. The number of carbonyl (C=O) groups excluding carboxylic acids is 2. The van der Waals surface area contributed by atoms with Crippen molar-refractivity contribution in [2.75, 3.05) is 7.11 Å². The van der Waals surface area contributed by atoms with Crippen LogP contribution in [0.4, 0.5) is 0 Å². The zero-order valence-corrected chi connectivity index (χ0v) is 21.3. The number of hydrogen-bond acceptors (Lipinski definition) is 7. The van der Waals surface area contributed by atoms with Crippen LogP contribution >= 0.6 is 0 Å². The summed E-state index contributed by atoms with van der Waals surface area (Å²) in [5, 5.41) is 29.5. The third-order valence-electron chi connectivity index (χ3n) is 6.62. The fourth-order valence-electron chi connectivity index (χ4n) is 4.53. The van der Waals surface area contributed by atoms with Gasteiger partial charge in [-0.05, 0) is 43.6 Å². The summed E-state index contributed by atoms with van der Waals surface area (Å²) in [5.74, 6) is -3.09. The number of aliphatic hydroxyl groups excluding tert-OH is 2. The molecule has 1 aliphatic rings. The zero-order chi connectivity index (χ0) is 26.0. The summed E-state index contributed by atoms with van der Waals surface area (Å²) in [5.41, 5.74) is 0.672. The molecule has 3 N–H and O–H groups in total. The van der Waals surface area contributed by atoms with E-state index in [1.807, 2.05) is 20.8 Å². The summed E-state index contributed by atoms with van der Waals surface area (Å²) < 4.78 is 10.9. The van der Waals surface area contributed by atoms with Gasteiger partial charge in [0.15, 0.2) is 6.10 Å². The Hall–Kier alpha value is -2.03. The van der Waals surface area contributed by atoms with Gasteiger partial charge in [-0.1, -0.05) is 52.3 Å². The number of ketones is 1. The standard InChI is InChI=1S/C26H42O8/c1-7-19(21(33-6)14-22(28)29)23(30)17(4)13-18(5)25-16(3)10-8-9-15(2)11-12-20(27)24(31)26(32)34-25/h11-13,15-17,19-21,24-25,27,31H,7-10,14H2,1-6H3,(H,28,29)/b12-11+,18-13+. The van der Waals surface area contributed by atoms with Crippen molar-refractivity contribution in [2.45, 2.75) is 91.1 Å². The Morgan fingerprint density at radius 2 is 1.88 bits per heavy atom. The smallest absolute Gasteiger partial charge is 0.338 e. The van der Waals surface area contributed by atoms with E-state index in [0.29, 0.717) is 12.0 Å². The summed E-state index contributed by atoms with van der Waals surface area (Å²) in [6.45, 7) is 9.30. The summed E-state index contributed by atoms with van der Waals surface area (Å²) in [6, 6.07) is 0. The van der Waals surface area contributed by atoms with E-state index < -0.39 is 48.2 Å². The maximum absolute atomic E-state index is 13.2. The number of esters is 1. The topological polar surface area (TPSA) is 130 Å². The van der Waals surface area contributed by atoms with E-state index in [9.17, 15) is 24.6 Å². The van der Waals surface area contributed by atoms with Crippen LogP contribution < -0.4 is 0 Å². The highest BCUT2D eigenvalue weighted by Gasteiger charge is 2.33. The van der Waals surface area contributed by atoms with Crippen LogP contribution in [-0.4, -0.2) is 64.6 Å². The third-order valence-corrected chi connectivity index (χ3v) is 6.62. The van der Waals surface area contributed by atoms with E-state index in [2.05, 4.69) is 0 Å². The van der Waals surface area contributed by atoms with Crippen LogP contribution in [0.5, 0.6) is 0 Å². The Kier molecular flexibility index (Phi) is 12.7. The molecule has 0 fully saturated rings. The van der Waals surface area contributed by atoms with Gasteiger partial charge in [-0.2, -0.15) is 0 Å². The van der Waals surface area contributed by atoms with Gasteiger partial charge in [0, 0.05) is 18.9 Å². The van der Waals surface area contributed by atoms with E-state index in [0.717, 1.165) is 19.3 Å². The van der Waals surface area contributed by atoms with Gasteiger partial charge in [-0.15, -0.1) is 0 Å². The predicted octanol–water partition coefficient (Wildman–Crippen LogP) is 3.30. The normalized spacial score (nSPS) is 30.8. The number of cyclic esters (lactones) is 1. The van der Waals surface area contributed by atoms with Gasteiger partial charge in [-0.25, -0.2) is 4.79 Å². The number of rotatable bonds is 9. The number of ether oxygens (including phenoxy) is 2. The average Bonchev–Trinajstić information content (AvgIpc) is 2.78. The molecule has 8 atom stereocenters. The van der Waals surface area contributed by atoms with Crippen LogP contribution in [0.25, 0.3) is 0 Å². The van der Waals surface area contributed by atoms with Crippen molar-refractivity contribution < 1.29 is 39.2 Å². The third kappa shape index (κ3) is 8.96. The Morgan fingerprint density at radius 3 is 2.44 bits per heavy atom. The second-order valence-electron chi connectivity index (χ2n) is 9.55. The molecule has 1 rings (SSSR count). The van der Waals surface area contributed by atoms with E-state index in [1.54, 1.807) is 26.0 Å². The first-order valence-electron chi connectivity index (χ1n) is 12.1. The number of allylic oxidation sites excluding steroid dienone is 2. The second-order valence-corrected chi connectivity index (χ2v) is 9.55. The fourth-order valence-corrected chi connectivity index (χ4v) is 4.53. The monoisotopic (exact) mass is 482 g/mol. The molecule has 0 aromatic heterocycles. The largest absolute Gasteiger partial charge is 0.481 e. The molecule has 0 aliphatic carbocycles. The second kappa shape index (κ2) is 14.4. The number of Topliss-reactive ketones (excluding diaryl/α,β-unsaturated/α-hetero) is 1. The van der Waals surface area contributed by atoms with Crippen molar-refractivity contribution in [3.8, 4) is 0 Å². The highest BCUT2D eigenvalue weighted by atomic mass is 16.6. The summed E-state index contributed by atoms with van der Waals surface area (Å²) in [7, 11) is 1.40. The fraction of sp³-hybridized carbons (Fsp3) is 0.731. The molecular weight excluding hydrogens is 440 g/mol. The van der Waals surface area contributed by atoms with Crippen molar-refractivity contribution in [3.05, 3.63) is 23.8 Å². The molecule has 0 radical (unpaired) electrons. The lowest BCUT2D eigenvalue weighted by Crippen LogP contribution is -2.39. The van der Waals surface area contributed by atoms with Gasteiger partial charge in [0.05, 0.1) is 12.5 Å². The molecule has 0 saturated carbocycles. The minimum atomic E-state index is -1.70. The van der Waals surface area contributed by atoms with Crippen LogP contribution in [0.15, 0.2) is 23.8 Å². The van der Waals surface area contributed by atoms with Crippen LogP contribution in [-0.2, 0) is 23.9 Å². The first-order valence-corrected chi connectivity index (χ1v) is 12.1. The maximum Gasteiger partial charge on any atom is 0.338 e. The molecule has 8 nitrogen and oxygen atoms in total. The SMILES string of the molecule is CCC(C(=O)C(C)/C=C(\C)C1OC(=O)C(O)C(O)/C=C/C(C)CCCC1C)C(CC(=O)O)OC.